The average Bonchev–Trinajstić information content (AvgIpc) is 3.24. The van der Waals surface area contributed by atoms with Gasteiger partial charge in [0.15, 0.2) is 4.96 Å². The maximum absolute atomic E-state index is 13.3. The summed E-state index contributed by atoms with van der Waals surface area (Å²) >= 11 is 1.46. The second-order valence-corrected chi connectivity index (χ2v) is 7.73. The van der Waals surface area contributed by atoms with Gasteiger partial charge in [-0.15, -0.1) is 11.3 Å². The Morgan fingerprint density at radius 2 is 1.75 bits per heavy atom. The number of amides is 1. The molecule has 0 bridgehead atoms. The lowest BCUT2D eigenvalue weighted by atomic mass is 10.1. The van der Waals surface area contributed by atoms with Crippen molar-refractivity contribution in [3.8, 4) is 11.3 Å². The topological polar surface area (TPSA) is 46.4 Å². The van der Waals surface area contributed by atoms with Gasteiger partial charge in [-0.25, -0.2) is 13.8 Å². The van der Waals surface area contributed by atoms with Crippen molar-refractivity contribution in [2.45, 2.75) is 12.3 Å². The fourth-order valence-electron chi connectivity index (χ4n) is 3.49. The largest absolute Gasteiger partial charge is 0.310 e. The van der Waals surface area contributed by atoms with Crippen LogP contribution in [-0.4, -0.2) is 15.3 Å². The third-order valence-corrected chi connectivity index (χ3v) is 5.80. The molecule has 1 aliphatic rings. The number of nitrogens with zero attached hydrogens (tertiary/aromatic N) is 2. The van der Waals surface area contributed by atoms with Gasteiger partial charge in [0.25, 0.3) is 0 Å². The predicted octanol–water partition coefficient (Wildman–Crippen LogP) is 5.08. The van der Waals surface area contributed by atoms with E-state index in [0.717, 1.165) is 22.5 Å². The summed E-state index contributed by atoms with van der Waals surface area (Å²) in [4.78, 5) is 18.2. The Balaban J connectivity index is 1.42. The average molecular weight is 395 g/mol. The number of carbonyl (C=O) groups excluding carboxylic acids is 1. The van der Waals surface area contributed by atoms with Crippen LogP contribution in [0.4, 0.5) is 14.6 Å². The Morgan fingerprint density at radius 3 is 2.46 bits per heavy atom. The molecule has 1 aliphatic carbocycles. The molecule has 1 amide bonds. The SMILES string of the molecule is O=C(Nc1c(-c2ccc(F)cc2)nc2sccn12)C1CC1c1ccc(F)cc1. The van der Waals surface area contributed by atoms with E-state index in [1.54, 1.807) is 24.3 Å². The number of imidazole rings is 1. The number of aromatic nitrogens is 2. The molecular weight excluding hydrogens is 380 g/mol. The van der Waals surface area contributed by atoms with Crippen LogP contribution in [0.5, 0.6) is 0 Å². The van der Waals surface area contributed by atoms with E-state index in [4.69, 9.17) is 0 Å². The number of hydrogen-bond donors (Lipinski definition) is 1. The minimum atomic E-state index is -0.324. The summed E-state index contributed by atoms with van der Waals surface area (Å²) in [5.41, 5.74) is 2.31. The quantitative estimate of drug-likeness (QED) is 0.524. The number of carbonyl (C=O) groups is 1. The van der Waals surface area contributed by atoms with Crippen LogP contribution in [-0.2, 0) is 4.79 Å². The first-order valence-electron chi connectivity index (χ1n) is 8.88. The minimum absolute atomic E-state index is 0.0920. The predicted molar refractivity (Wildman–Crippen MR) is 104 cm³/mol. The fraction of sp³-hybridized carbons (Fsp3) is 0.143. The number of benzene rings is 2. The van der Waals surface area contributed by atoms with Crippen molar-refractivity contribution in [3.63, 3.8) is 0 Å². The molecule has 28 heavy (non-hydrogen) atoms. The van der Waals surface area contributed by atoms with E-state index in [2.05, 4.69) is 10.3 Å². The highest BCUT2D eigenvalue weighted by Gasteiger charge is 2.44. The van der Waals surface area contributed by atoms with Gasteiger partial charge >= 0.3 is 0 Å². The summed E-state index contributed by atoms with van der Waals surface area (Å²) in [6.07, 6.45) is 2.58. The molecule has 4 nitrogen and oxygen atoms in total. The summed E-state index contributed by atoms with van der Waals surface area (Å²) < 4.78 is 28.2. The molecule has 2 heterocycles. The van der Waals surface area contributed by atoms with Crippen molar-refractivity contribution in [1.82, 2.24) is 9.38 Å². The van der Waals surface area contributed by atoms with Gasteiger partial charge in [0.1, 0.15) is 23.1 Å². The number of nitrogens with one attached hydrogen (secondary N) is 1. The first-order chi connectivity index (χ1) is 13.6. The van der Waals surface area contributed by atoms with Crippen LogP contribution < -0.4 is 5.32 Å². The first-order valence-corrected chi connectivity index (χ1v) is 9.76. The lowest BCUT2D eigenvalue weighted by Gasteiger charge is -2.07. The molecule has 140 valence electrons. The maximum Gasteiger partial charge on any atom is 0.229 e. The van der Waals surface area contributed by atoms with Crippen LogP contribution in [0.2, 0.25) is 0 Å². The van der Waals surface area contributed by atoms with Crippen LogP contribution in [0.3, 0.4) is 0 Å². The van der Waals surface area contributed by atoms with Gasteiger partial charge in [0, 0.05) is 23.1 Å². The summed E-state index contributed by atoms with van der Waals surface area (Å²) in [5, 5.41) is 4.90. The Bertz CT molecular complexity index is 1160. The van der Waals surface area contributed by atoms with Crippen molar-refractivity contribution in [2.24, 2.45) is 5.92 Å². The third kappa shape index (κ3) is 2.97. The molecule has 2 aromatic carbocycles. The maximum atomic E-state index is 13.3. The molecule has 5 rings (SSSR count). The summed E-state index contributed by atoms with van der Waals surface area (Å²) in [6, 6.07) is 12.3. The molecular formula is C21H15F2N3OS. The van der Waals surface area contributed by atoms with Crippen molar-refractivity contribution < 1.29 is 13.6 Å². The molecule has 2 aromatic heterocycles. The summed E-state index contributed by atoms with van der Waals surface area (Å²) in [5.74, 6) is -0.177. The van der Waals surface area contributed by atoms with E-state index >= 15 is 0 Å². The molecule has 2 atom stereocenters. The van der Waals surface area contributed by atoms with Gasteiger partial charge in [-0.2, -0.15) is 0 Å². The number of thiazole rings is 1. The number of anilines is 1. The van der Waals surface area contributed by atoms with Crippen LogP contribution in [0, 0.1) is 17.6 Å². The fourth-order valence-corrected chi connectivity index (χ4v) is 4.20. The number of rotatable bonds is 4. The summed E-state index contributed by atoms with van der Waals surface area (Å²) in [7, 11) is 0. The van der Waals surface area contributed by atoms with E-state index in [9.17, 15) is 13.6 Å². The van der Waals surface area contributed by atoms with Crippen LogP contribution in [0.25, 0.3) is 16.2 Å². The number of hydrogen-bond acceptors (Lipinski definition) is 3. The molecule has 2 unspecified atom stereocenters. The molecule has 1 fully saturated rings. The normalized spacial score (nSPS) is 18.4. The molecule has 0 spiro atoms. The Labute approximate surface area is 163 Å². The van der Waals surface area contributed by atoms with Crippen LogP contribution >= 0.6 is 11.3 Å². The second kappa shape index (κ2) is 6.53. The summed E-state index contributed by atoms with van der Waals surface area (Å²) in [6.45, 7) is 0. The van der Waals surface area contributed by atoms with E-state index in [1.807, 2.05) is 16.0 Å². The van der Waals surface area contributed by atoms with Gasteiger partial charge < -0.3 is 5.32 Å². The van der Waals surface area contributed by atoms with Crippen LogP contribution in [0.15, 0.2) is 60.1 Å². The van der Waals surface area contributed by atoms with Crippen molar-refractivity contribution >= 4 is 28.0 Å². The molecule has 0 radical (unpaired) electrons. The van der Waals surface area contributed by atoms with Gasteiger partial charge in [-0.1, -0.05) is 12.1 Å². The highest BCUT2D eigenvalue weighted by atomic mass is 32.1. The smallest absolute Gasteiger partial charge is 0.229 e. The minimum Gasteiger partial charge on any atom is -0.310 e. The molecule has 1 N–H and O–H groups in total. The highest BCUT2D eigenvalue weighted by molar-refractivity contribution is 7.15. The lowest BCUT2D eigenvalue weighted by Crippen LogP contribution is -2.16. The van der Waals surface area contributed by atoms with Gasteiger partial charge in [-0.3, -0.25) is 9.20 Å². The van der Waals surface area contributed by atoms with E-state index in [0.29, 0.717) is 11.5 Å². The van der Waals surface area contributed by atoms with Crippen molar-refractivity contribution in [1.29, 1.82) is 0 Å². The monoisotopic (exact) mass is 395 g/mol. The Morgan fingerprint density at radius 1 is 1.07 bits per heavy atom. The zero-order valence-corrected chi connectivity index (χ0v) is 15.4. The van der Waals surface area contributed by atoms with Gasteiger partial charge in [0.2, 0.25) is 5.91 Å². The number of halogens is 2. The zero-order valence-electron chi connectivity index (χ0n) is 14.6. The third-order valence-electron chi connectivity index (χ3n) is 5.05. The highest BCUT2D eigenvalue weighted by Crippen LogP contribution is 2.48. The Kier molecular flexibility index (Phi) is 3.98. The van der Waals surface area contributed by atoms with Crippen LogP contribution in [0.1, 0.15) is 17.9 Å². The number of fused-ring (bicyclic) bond motifs is 1. The van der Waals surface area contributed by atoms with Crippen molar-refractivity contribution in [2.75, 3.05) is 5.32 Å². The van der Waals surface area contributed by atoms with Crippen molar-refractivity contribution in [3.05, 3.63) is 77.3 Å². The second-order valence-electron chi connectivity index (χ2n) is 6.86. The van der Waals surface area contributed by atoms with E-state index in [-0.39, 0.29) is 29.4 Å². The van der Waals surface area contributed by atoms with E-state index < -0.39 is 0 Å². The van der Waals surface area contributed by atoms with E-state index in [1.165, 1.54) is 35.6 Å². The molecule has 4 aromatic rings. The Hall–Kier alpha value is -3.06. The first kappa shape index (κ1) is 17.1. The lowest BCUT2D eigenvalue weighted by molar-refractivity contribution is -0.117. The molecule has 0 saturated heterocycles. The molecule has 0 aliphatic heterocycles. The standard InChI is InChI=1S/C21H15F2N3OS/c22-14-5-1-12(2-6-14)16-11-17(16)20(27)25-19-18(13-3-7-15(23)8-4-13)24-21-26(19)9-10-28-21/h1-10,16-17H,11H2,(H,25,27). The molecule has 1 saturated carbocycles. The van der Waals surface area contributed by atoms with Gasteiger partial charge in [0.05, 0.1) is 0 Å². The zero-order chi connectivity index (χ0) is 19.3. The molecule has 7 heteroatoms. The van der Waals surface area contributed by atoms with Gasteiger partial charge in [-0.05, 0) is 54.3 Å².